The Hall–Kier alpha value is -1.35. The maximum absolute atomic E-state index is 6.08. The first-order chi connectivity index (χ1) is 7.13. The molecule has 3 heteroatoms. The predicted molar refractivity (Wildman–Crippen MR) is 61.9 cm³/mol. The Bertz CT molecular complexity index is 485. The van der Waals surface area contributed by atoms with Crippen LogP contribution in [-0.2, 0) is 0 Å². The van der Waals surface area contributed by atoms with Crippen LogP contribution in [0, 0.1) is 13.8 Å². The minimum atomic E-state index is 0.0720. The standard InChI is InChI=1S/C12H17N3/c1-4-10(13)12-9(3)14-11-7-8(2)5-6-15(11)12/h5-7,10H,4,13H2,1-3H3. The second kappa shape index (κ2) is 3.66. The van der Waals surface area contributed by atoms with Gasteiger partial charge in [0.15, 0.2) is 0 Å². The number of aromatic nitrogens is 2. The van der Waals surface area contributed by atoms with Crippen LogP contribution in [0.4, 0.5) is 0 Å². The molecule has 2 rings (SSSR count). The van der Waals surface area contributed by atoms with Gasteiger partial charge in [0.2, 0.25) is 0 Å². The fraction of sp³-hybridized carbons (Fsp3) is 0.417. The third kappa shape index (κ3) is 1.63. The number of hydrogen-bond acceptors (Lipinski definition) is 2. The van der Waals surface area contributed by atoms with Crippen molar-refractivity contribution >= 4 is 5.65 Å². The smallest absolute Gasteiger partial charge is 0.137 e. The maximum atomic E-state index is 6.08. The SMILES string of the molecule is CCC(N)c1c(C)nc2cc(C)ccn12. The quantitative estimate of drug-likeness (QED) is 0.814. The van der Waals surface area contributed by atoms with Gasteiger partial charge in [0.25, 0.3) is 0 Å². The highest BCUT2D eigenvalue weighted by Crippen LogP contribution is 2.20. The molecule has 0 saturated carbocycles. The molecule has 0 bridgehead atoms. The molecule has 1 atom stereocenters. The van der Waals surface area contributed by atoms with Crippen LogP contribution in [0.3, 0.4) is 0 Å². The van der Waals surface area contributed by atoms with Crippen LogP contribution in [-0.4, -0.2) is 9.38 Å². The van der Waals surface area contributed by atoms with Gasteiger partial charge in [-0.15, -0.1) is 0 Å². The van der Waals surface area contributed by atoms with Gasteiger partial charge in [-0.2, -0.15) is 0 Å². The molecule has 0 spiro atoms. The van der Waals surface area contributed by atoms with Gasteiger partial charge in [0.1, 0.15) is 5.65 Å². The van der Waals surface area contributed by atoms with E-state index in [1.54, 1.807) is 0 Å². The molecule has 0 aliphatic carbocycles. The first kappa shape index (κ1) is 10.2. The number of rotatable bonds is 2. The van der Waals surface area contributed by atoms with Gasteiger partial charge >= 0.3 is 0 Å². The largest absolute Gasteiger partial charge is 0.323 e. The molecule has 0 radical (unpaired) electrons. The first-order valence-corrected chi connectivity index (χ1v) is 5.34. The Morgan fingerprint density at radius 3 is 2.87 bits per heavy atom. The van der Waals surface area contributed by atoms with E-state index in [0.717, 1.165) is 23.5 Å². The fourth-order valence-electron chi connectivity index (χ4n) is 1.92. The van der Waals surface area contributed by atoms with Crippen molar-refractivity contribution in [2.45, 2.75) is 33.2 Å². The van der Waals surface area contributed by atoms with E-state index in [2.05, 4.69) is 41.6 Å². The van der Waals surface area contributed by atoms with Crippen LogP contribution < -0.4 is 5.73 Å². The lowest BCUT2D eigenvalue weighted by molar-refractivity contribution is 0.663. The third-order valence-corrected chi connectivity index (χ3v) is 2.79. The van der Waals surface area contributed by atoms with Crippen molar-refractivity contribution in [3.05, 3.63) is 35.3 Å². The van der Waals surface area contributed by atoms with Gasteiger partial charge in [-0.05, 0) is 38.0 Å². The molecular weight excluding hydrogens is 186 g/mol. The molecule has 1 unspecified atom stereocenters. The molecule has 2 heterocycles. The second-order valence-electron chi connectivity index (χ2n) is 4.03. The number of nitrogens with two attached hydrogens (primary N) is 1. The fourth-order valence-corrected chi connectivity index (χ4v) is 1.92. The second-order valence-corrected chi connectivity index (χ2v) is 4.03. The molecule has 0 aliphatic rings. The lowest BCUT2D eigenvalue weighted by Crippen LogP contribution is -2.12. The van der Waals surface area contributed by atoms with E-state index in [-0.39, 0.29) is 6.04 Å². The highest BCUT2D eigenvalue weighted by molar-refractivity contribution is 5.46. The number of fused-ring (bicyclic) bond motifs is 1. The Labute approximate surface area is 89.9 Å². The Kier molecular flexibility index (Phi) is 2.49. The van der Waals surface area contributed by atoms with Gasteiger partial charge in [0, 0.05) is 12.2 Å². The molecule has 2 aromatic heterocycles. The van der Waals surface area contributed by atoms with Gasteiger partial charge in [0.05, 0.1) is 11.4 Å². The first-order valence-electron chi connectivity index (χ1n) is 5.34. The molecule has 0 aromatic carbocycles. The van der Waals surface area contributed by atoms with Crippen molar-refractivity contribution in [2.75, 3.05) is 0 Å². The molecular formula is C12H17N3. The van der Waals surface area contributed by atoms with Crippen LogP contribution in [0.5, 0.6) is 0 Å². The summed E-state index contributed by atoms with van der Waals surface area (Å²) < 4.78 is 2.09. The lowest BCUT2D eigenvalue weighted by Gasteiger charge is -2.09. The number of aryl methyl sites for hydroxylation is 2. The minimum absolute atomic E-state index is 0.0720. The topological polar surface area (TPSA) is 43.3 Å². The number of hydrogen-bond donors (Lipinski definition) is 1. The molecule has 0 amide bonds. The van der Waals surface area contributed by atoms with E-state index in [0.29, 0.717) is 0 Å². The van der Waals surface area contributed by atoms with Crippen LogP contribution in [0.15, 0.2) is 18.3 Å². The zero-order valence-electron chi connectivity index (χ0n) is 9.49. The summed E-state index contributed by atoms with van der Waals surface area (Å²) in [7, 11) is 0. The molecule has 15 heavy (non-hydrogen) atoms. The predicted octanol–water partition coefficient (Wildman–Crippen LogP) is 2.36. The molecule has 0 fully saturated rings. The van der Waals surface area contributed by atoms with Crippen molar-refractivity contribution < 1.29 is 0 Å². The lowest BCUT2D eigenvalue weighted by atomic mass is 10.1. The molecule has 2 aromatic rings. The van der Waals surface area contributed by atoms with Gasteiger partial charge in [-0.3, -0.25) is 0 Å². The molecule has 2 N–H and O–H groups in total. The minimum Gasteiger partial charge on any atom is -0.323 e. The van der Waals surface area contributed by atoms with Crippen LogP contribution in [0.25, 0.3) is 5.65 Å². The molecule has 3 nitrogen and oxygen atoms in total. The van der Waals surface area contributed by atoms with Crippen LogP contribution in [0.2, 0.25) is 0 Å². The van der Waals surface area contributed by atoms with Crippen molar-refractivity contribution in [1.29, 1.82) is 0 Å². The monoisotopic (exact) mass is 203 g/mol. The molecule has 0 aliphatic heterocycles. The summed E-state index contributed by atoms with van der Waals surface area (Å²) >= 11 is 0. The zero-order valence-corrected chi connectivity index (χ0v) is 9.49. The Balaban J connectivity index is 2.68. The molecule has 0 saturated heterocycles. The van der Waals surface area contributed by atoms with E-state index < -0.39 is 0 Å². The van der Waals surface area contributed by atoms with E-state index in [1.165, 1.54) is 5.56 Å². The van der Waals surface area contributed by atoms with Gasteiger partial charge < -0.3 is 10.1 Å². The Morgan fingerprint density at radius 1 is 1.47 bits per heavy atom. The number of pyridine rings is 1. The van der Waals surface area contributed by atoms with Crippen molar-refractivity contribution in [1.82, 2.24) is 9.38 Å². The summed E-state index contributed by atoms with van der Waals surface area (Å²) in [5, 5.41) is 0. The normalized spacial score (nSPS) is 13.3. The summed E-state index contributed by atoms with van der Waals surface area (Å²) in [5.74, 6) is 0. The Morgan fingerprint density at radius 2 is 2.20 bits per heavy atom. The number of imidazole rings is 1. The average Bonchev–Trinajstić information content (AvgIpc) is 2.52. The van der Waals surface area contributed by atoms with E-state index in [9.17, 15) is 0 Å². The summed E-state index contributed by atoms with van der Waals surface area (Å²) in [6.45, 7) is 6.19. The summed E-state index contributed by atoms with van der Waals surface area (Å²) in [5.41, 5.74) is 10.5. The summed E-state index contributed by atoms with van der Waals surface area (Å²) in [4.78, 5) is 4.53. The maximum Gasteiger partial charge on any atom is 0.137 e. The highest BCUT2D eigenvalue weighted by atomic mass is 15.0. The van der Waals surface area contributed by atoms with Crippen molar-refractivity contribution in [3.63, 3.8) is 0 Å². The summed E-state index contributed by atoms with van der Waals surface area (Å²) in [6, 6.07) is 4.24. The van der Waals surface area contributed by atoms with Crippen molar-refractivity contribution in [3.8, 4) is 0 Å². The van der Waals surface area contributed by atoms with E-state index >= 15 is 0 Å². The molecule has 80 valence electrons. The summed E-state index contributed by atoms with van der Waals surface area (Å²) in [6.07, 6.45) is 2.98. The zero-order chi connectivity index (χ0) is 11.0. The van der Waals surface area contributed by atoms with Crippen molar-refractivity contribution in [2.24, 2.45) is 5.73 Å². The highest BCUT2D eigenvalue weighted by Gasteiger charge is 2.13. The van der Waals surface area contributed by atoms with E-state index in [4.69, 9.17) is 5.73 Å². The van der Waals surface area contributed by atoms with Gasteiger partial charge in [-0.25, -0.2) is 4.98 Å². The average molecular weight is 203 g/mol. The van der Waals surface area contributed by atoms with Crippen LogP contribution in [0.1, 0.15) is 36.3 Å². The van der Waals surface area contributed by atoms with Crippen LogP contribution >= 0.6 is 0 Å². The van der Waals surface area contributed by atoms with E-state index in [1.807, 2.05) is 6.92 Å². The third-order valence-electron chi connectivity index (χ3n) is 2.79. The number of nitrogens with zero attached hydrogens (tertiary/aromatic N) is 2. The van der Waals surface area contributed by atoms with Gasteiger partial charge in [-0.1, -0.05) is 6.92 Å².